The molecule has 60 valence electrons. The van der Waals surface area contributed by atoms with Crippen molar-refractivity contribution in [1.29, 1.82) is 0 Å². The Morgan fingerprint density at radius 3 is 2.82 bits per heavy atom. The molecular formula is C8H9ClIN. The second kappa shape index (κ2) is 4.28. The van der Waals surface area contributed by atoms with Crippen LogP contribution in [-0.2, 0) is 6.42 Å². The van der Waals surface area contributed by atoms with Crippen molar-refractivity contribution in [3.05, 3.63) is 32.4 Å². The van der Waals surface area contributed by atoms with E-state index in [1.165, 1.54) is 3.57 Å². The molecule has 0 saturated carbocycles. The van der Waals surface area contributed by atoms with Crippen molar-refractivity contribution in [3.8, 4) is 0 Å². The van der Waals surface area contributed by atoms with E-state index in [4.69, 9.17) is 17.3 Å². The number of hydrogen-bond acceptors (Lipinski definition) is 1. The molecule has 1 aromatic carbocycles. The number of rotatable bonds is 2. The molecule has 0 bridgehead atoms. The van der Waals surface area contributed by atoms with Crippen LogP contribution in [0.25, 0.3) is 0 Å². The summed E-state index contributed by atoms with van der Waals surface area (Å²) in [6.45, 7) is 0.653. The van der Waals surface area contributed by atoms with Crippen LogP contribution < -0.4 is 5.73 Å². The van der Waals surface area contributed by atoms with Gasteiger partial charge in [0, 0.05) is 8.59 Å². The molecule has 0 aliphatic rings. The summed E-state index contributed by atoms with van der Waals surface area (Å²) >= 11 is 8.18. The summed E-state index contributed by atoms with van der Waals surface area (Å²) in [5.74, 6) is 0. The van der Waals surface area contributed by atoms with E-state index >= 15 is 0 Å². The Hall–Kier alpha value is 0.200. The lowest BCUT2D eigenvalue weighted by Crippen LogP contribution is -2.03. The lowest BCUT2D eigenvalue weighted by molar-refractivity contribution is 0.968. The summed E-state index contributed by atoms with van der Waals surface area (Å²) in [6, 6.07) is 5.97. The third kappa shape index (κ3) is 2.61. The van der Waals surface area contributed by atoms with E-state index in [9.17, 15) is 0 Å². The van der Waals surface area contributed by atoms with E-state index in [1.54, 1.807) is 0 Å². The normalized spacial score (nSPS) is 10.1. The van der Waals surface area contributed by atoms with Gasteiger partial charge in [-0.2, -0.15) is 0 Å². The molecule has 0 spiro atoms. The molecule has 0 unspecified atom stereocenters. The van der Waals surface area contributed by atoms with E-state index in [0.29, 0.717) is 6.54 Å². The predicted octanol–water partition coefficient (Wildman–Crippen LogP) is 2.45. The highest BCUT2D eigenvalue weighted by Gasteiger charge is 1.98. The molecule has 0 radical (unpaired) electrons. The molecule has 0 atom stereocenters. The first kappa shape index (κ1) is 9.29. The number of hydrogen-bond donors (Lipinski definition) is 1. The average molecular weight is 282 g/mol. The zero-order valence-electron chi connectivity index (χ0n) is 5.98. The maximum Gasteiger partial charge on any atom is 0.0439 e. The Balaban J connectivity index is 2.93. The van der Waals surface area contributed by atoms with Crippen LogP contribution in [0.15, 0.2) is 18.2 Å². The van der Waals surface area contributed by atoms with Crippen LogP contribution in [0.2, 0.25) is 5.02 Å². The maximum absolute atomic E-state index is 5.92. The van der Waals surface area contributed by atoms with Gasteiger partial charge < -0.3 is 5.73 Å². The molecule has 3 heteroatoms. The minimum atomic E-state index is 0.653. The van der Waals surface area contributed by atoms with Crippen molar-refractivity contribution < 1.29 is 0 Å². The molecule has 11 heavy (non-hydrogen) atoms. The van der Waals surface area contributed by atoms with Gasteiger partial charge in [-0.25, -0.2) is 0 Å². The molecule has 0 aliphatic carbocycles. The molecule has 1 nitrogen and oxygen atoms in total. The molecular weight excluding hydrogens is 272 g/mol. The first-order valence-electron chi connectivity index (χ1n) is 3.38. The summed E-state index contributed by atoms with van der Waals surface area (Å²) in [7, 11) is 0. The van der Waals surface area contributed by atoms with Crippen LogP contribution >= 0.6 is 34.2 Å². The van der Waals surface area contributed by atoms with Gasteiger partial charge in [0.05, 0.1) is 0 Å². The van der Waals surface area contributed by atoms with Gasteiger partial charge in [-0.05, 0) is 59.3 Å². The zero-order chi connectivity index (χ0) is 8.27. The van der Waals surface area contributed by atoms with E-state index in [2.05, 4.69) is 28.7 Å². The van der Waals surface area contributed by atoms with Crippen molar-refractivity contribution in [1.82, 2.24) is 0 Å². The lowest BCUT2D eigenvalue weighted by atomic mass is 10.1. The molecule has 0 fully saturated rings. The van der Waals surface area contributed by atoms with Crippen molar-refractivity contribution >= 4 is 34.2 Å². The Labute approximate surface area is 85.1 Å². The van der Waals surface area contributed by atoms with Crippen LogP contribution in [0.3, 0.4) is 0 Å². The van der Waals surface area contributed by atoms with E-state index in [1.807, 2.05) is 12.1 Å². The first-order valence-corrected chi connectivity index (χ1v) is 4.83. The standard InChI is InChI=1S/C8H9ClIN/c9-8-2-1-7(10)5-6(8)3-4-11/h1-2,5H,3-4,11H2. The van der Waals surface area contributed by atoms with Gasteiger partial charge in [0.2, 0.25) is 0 Å². The third-order valence-electron chi connectivity index (χ3n) is 1.42. The molecule has 1 rings (SSSR count). The van der Waals surface area contributed by atoms with Crippen molar-refractivity contribution in [2.45, 2.75) is 6.42 Å². The van der Waals surface area contributed by atoms with Crippen LogP contribution in [0, 0.1) is 3.57 Å². The molecule has 0 heterocycles. The second-order valence-electron chi connectivity index (χ2n) is 2.27. The molecule has 0 aromatic heterocycles. The zero-order valence-corrected chi connectivity index (χ0v) is 8.89. The summed E-state index contributed by atoms with van der Waals surface area (Å²) in [5.41, 5.74) is 6.56. The van der Waals surface area contributed by atoms with Crippen molar-refractivity contribution in [3.63, 3.8) is 0 Å². The highest BCUT2D eigenvalue weighted by molar-refractivity contribution is 14.1. The van der Waals surface area contributed by atoms with E-state index in [0.717, 1.165) is 17.0 Å². The maximum atomic E-state index is 5.92. The minimum absolute atomic E-state index is 0.653. The van der Waals surface area contributed by atoms with Gasteiger partial charge in [-0.1, -0.05) is 11.6 Å². The van der Waals surface area contributed by atoms with Crippen LogP contribution in [0.5, 0.6) is 0 Å². The van der Waals surface area contributed by atoms with Crippen molar-refractivity contribution in [2.24, 2.45) is 5.73 Å². The summed E-state index contributed by atoms with van der Waals surface area (Å²) in [4.78, 5) is 0. The Morgan fingerprint density at radius 1 is 1.45 bits per heavy atom. The van der Waals surface area contributed by atoms with Crippen molar-refractivity contribution in [2.75, 3.05) is 6.54 Å². The SMILES string of the molecule is NCCc1cc(I)ccc1Cl. The van der Waals surface area contributed by atoms with Gasteiger partial charge >= 0.3 is 0 Å². The Morgan fingerprint density at radius 2 is 2.18 bits per heavy atom. The Bertz CT molecular complexity index is 250. The summed E-state index contributed by atoms with van der Waals surface area (Å²) in [6.07, 6.45) is 0.857. The van der Waals surface area contributed by atoms with E-state index < -0.39 is 0 Å². The van der Waals surface area contributed by atoms with E-state index in [-0.39, 0.29) is 0 Å². The lowest BCUT2D eigenvalue weighted by Gasteiger charge is -2.01. The predicted molar refractivity (Wildman–Crippen MR) is 56.9 cm³/mol. The molecule has 2 N–H and O–H groups in total. The fourth-order valence-corrected chi connectivity index (χ4v) is 1.66. The largest absolute Gasteiger partial charge is 0.330 e. The van der Waals surface area contributed by atoms with Gasteiger partial charge in [-0.15, -0.1) is 0 Å². The van der Waals surface area contributed by atoms with Crippen LogP contribution in [0.4, 0.5) is 0 Å². The second-order valence-corrected chi connectivity index (χ2v) is 3.93. The van der Waals surface area contributed by atoms with Crippen LogP contribution in [-0.4, -0.2) is 6.54 Å². The average Bonchev–Trinajstić information content (AvgIpc) is 1.98. The quantitative estimate of drug-likeness (QED) is 0.828. The smallest absolute Gasteiger partial charge is 0.0439 e. The number of benzene rings is 1. The third-order valence-corrected chi connectivity index (χ3v) is 2.46. The van der Waals surface area contributed by atoms with Gasteiger partial charge in [0.1, 0.15) is 0 Å². The fourth-order valence-electron chi connectivity index (χ4n) is 0.890. The molecule has 0 saturated heterocycles. The topological polar surface area (TPSA) is 26.0 Å². The van der Waals surface area contributed by atoms with Gasteiger partial charge in [-0.3, -0.25) is 0 Å². The fraction of sp³-hybridized carbons (Fsp3) is 0.250. The molecule has 0 amide bonds. The molecule has 1 aromatic rings. The number of halogens is 2. The van der Waals surface area contributed by atoms with Gasteiger partial charge in [0.25, 0.3) is 0 Å². The Kier molecular flexibility index (Phi) is 3.62. The summed E-state index contributed by atoms with van der Waals surface area (Å²) < 4.78 is 1.20. The summed E-state index contributed by atoms with van der Waals surface area (Å²) in [5, 5.41) is 0.816. The monoisotopic (exact) mass is 281 g/mol. The highest BCUT2D eigenvalue weighted by Crippen LogP contribution is 2.18. The number of nitrogens with two attached hydrogens (primary N) is 1. The molecule has 0 aliphatic heterocycles. The van der Waals surface area contributed by atoms with Gasteiger partial charge in [0.15, 0.2) is 0 Å². The minimum Gasteiger partial charge on any atom is -0.330 e. The first-order chi connectivity index (χ1) is 5.24. The van der Waals surface area contributed by atoms with Crippen LogP contribution in [0.1, 0.15) is 5.56 Å². The highest BCUT2D eigenvalue weighted by atomic mass is 127.